The number of hydrogen-bond acceptors (Lipinski definition) is 3. The maximum Gasteiger partial charge on any atom is 0.126 e. The molecule has 1 aromatic carbocycles. The van der Waals surface area contributed by atoms with Crippen LogP contribution in [0.4, 0.5) is 4.39 Å². The molecule has 0 saturated heterocycles. The fraction of sp³-hybridized carbons (Fsp3) is 0.571. The van der Waals surface area contributed by atoms with Crippen molar-refractivity contribution in [3.05, 3.63) is 35.1 Å². The summed E-state index contributed by atoms with van der Waals surface area (Å²) in [7, 11) is 0. The van der Waals surface area contributed by atoms with Gasteiger partial charge in [-0.3, -0.25) is 0 Å². The van der Waals surface area contributed by atoms with Crippen molar-refractivity contribution in [2.24, 2.45) is 0 Å². The second-order valence-corrected chi connectivity index (χ2v) is 5.77. The normalized spacial score (nSPS) is 18.0. The molecule has 2 rings (SSSR count). The van der Waals surface area contributed by atoms with Crippen molar-refractivity contribution in [1.82, 2.24) is 5.32 Å². The van der Waals surface area contributed by atoms with Crippen LogP contribution in [0.15, 0.2) is 18.2 Å². The van der Waals surface area contributed by atoms with Gasteiger partial charge in [0.05, 0.1) is 0 Å². The van der Waals surface area contributed by atoms with E-state index >= 15 is 0 Å². The van der Waals surface area contributed by atoms with E-state index in [-0.39, 0.29) is 12.4 Å². The highest BCUT2D eigenvalue weighted by molar-refractivity contribution is 7.99. The lowest BCUT2D eigenvalue weighted by atomic mass is 10.1. The highest BCUT2D eigenvalue weighted by atomic mass is 32.2. The Labute approximate surface area is 112 Å². The van der Waals surface area contributed by atoms with Gasteiger partial charge in [-0.05, 0) is 42.2 Å². The Bertz CT molecular complexity index is 386. The van der Waals surface area contributed by atoms with Gasteiger partial charge in [0.15, 0.2) is 0 Å². The van der Waals surface area contributed by atoms with Crippen LogP contribution >= 0.6 is 11.8 Å². The monoisotopic (exact) mass is 269 g/mol. The second kappa shape index (κ2) is 7.12. The quantitative estimate of drug-likeness (QED) is 0.746. The maximum absolute atomic E-state index is 13.5. The first kappa shape index (κ1) is 13.8. The van der Waals surface area contributed by atoms with Crippen LogP contribution in [-0.4, -0.2) is 29.8 Å². The molecule has 0 spiro atoms. The number of nitrogens with one attached hydrogen (secondary N) is 1. The minimum absolute atomic E-state index is 0.0610. The molecule has 2 nitrogen and oxygen atoms in total. The first-order chi connectivity index (χ1) is 8.83. The van der Waals surface area contributed by atoms with Gasteiger partial charge < -0.3 is 10.4 Å². The van der Waals surface area contributed by atoms with Crippen molar-refractivity contribution >= 4 is 11.8 Å². The van der Waals surface area contributed by atoms with Crippen molar-refractivity contribution < 1.29 is 9.50 Å². The molecule has 0 radical (unpaired) electrons. The zero-order valence-corrected chi connectivity index (χ0v) is 11.3. The smallest absolute Gasteiger partial charge is 0.126 e. The van der Waals surface area contributed by atoms with Gasteiger partial charge in [-0.15, -0.1) is 0 Å². The molecule has 1 atom stereocenters. The summed E-state index contributed by atoms with van der Waals surface area (Å²) in [6.07, 6.45) is 2.71. The molecule has 0 heterocycles. The third kappa shape index (κ3) is 3.46. The van der Waals surface area contributed by atoms with Crippen LogP contribution in [0, 0.1) is 5.82 Å². The zero-order valence-electron chi connectivity index (χ0n) is 10.5. The summed E-state index contributed by atoms with van der Waals surface area (Å²) in [5, 5.41) is 12.2. The molecular weight excluding hydrogens is 249 g/mol. The molecule has 1 unspecified atom stereocenters. The number of aliphatic hydroxyl groups is 1. The van der Waals surface area contributed by atoms with Gasteiger partial charge in [-0.1, -0.05) is 12.1 Å². The average Bonchev–Trinajstić information content (AvgIpc) is 2.79. The van der Waals surface area contributed by atoms with E-state index in [0.29, 0.717) is 6.04 Å². The zero-order chi connectivity index (χ0) is 12.8. The van der Waals surface area contributed by atoms with Crippen molar-refractivity contribution in [3.8, 4) is 0 Å². The molecule has 4 heteroatoms. The Hall–Kier alpha value is -0.580. The van der Waals surface area contributed by atoms with Gasteiger partial charge in [0, 0.05) is 24.9 Å². The third-order valence-corrected chi connectivity index (χ3v) is 4.37. The summed E-state index contributed by atoms with van der Waals surface area (Å²) in [4.78, 5) is 0. The molecule has 100 valence electrons. The van der Waals surface area contributed by atoms with Gasteiger partial charge in [0.1, 0.15) is 5.82 Å². The SMILES string of the molecule is OCCCSCCNC1CCc2c(F)cccc21. The highest BCUT2D eigenvalue weighted by Gasteiger charge is 2.23. The predicted octanol–water partition coefficient (Wildman–Crippen LogP) is 2.52. The van der Waals surface area contributed by atoms with E-state index < -0.39 is 0 Å². The fourth-order valence-electron chi connectivity index (χ4n) is 2.40. The minimum Gasteiger partial charge on any atom is -0.396 e. The van der Waals surface area contributed by atoms with Crippen LogP contribution in [-0.2, 0) is 6.42 Å². The molecule has 1 aliphatic rings. The summed E-state index contributed by atoms with van der Waals surface area (Å²) in [6, 6.07) is 5.69. The number of fused-ring (bicyclic) bond motifs is 1. The predicted molar refractivity (Wildman–Crippen MR) is 74.5 cm³/mol. The molecule has 1 aromatic rings. The van der Waals surface area contributed by atoms with E-state index in [9.17, 15) is 4.39 Å². The third-order valence-electron chi connectivity index (χ3n) is 3.30. The molecule has 0 saturated carbocycles. The summed E-state index contributed by atoms with van der Waals surface area (Å²) >= 11 is 1.85. The number of hydrogen-bond donors (Lipinski definition) is 2. The number of halogens is 1. The molecular formula is C14H20FNOS. The first-order valence-corrected chi connectivity index (χ1v) is 7.67. The van der Waals surface area contributed by atoms with Gasteiger partial charge in [-0.25, -0.2) is 4.39 Å². The van der Waals surface area contributed by atoms with E-state index in [1.54, 1.807) is 12.1 Å². The maximum atomic E-state index is 13.5. The average molecular weight is 269 g/mol. The van der Waals surface area contributed by atoms with Gasteiger partial charge in [0.25, 0.3) is 0 Å². The molecule has 0 amide bonds. The second-order valence-electron chi connectivity index (χ2n) is 4.54. The van der Waals surface area contributed by atoms with E-state index in [1.165, 1.54) is 0 Å². The largest absolute Gasteiger partial charge is 0.396 e. The van der Waals surface area contributed by atoms with E-state index in [4.69, 9.17) is 5.11 Å². The molecule has 0 aromatic heterocycles. The summed E-state index contributed by atoms with van der Waals surface area (Å²) in [5.41, 5.74) is 2.03. The number of thioether (sulfide) groups is 1. The molecule has 2 N–H and O–H groups in total. The Morgan fingerprint density at radius 3 is 3.11 bits per heavy atom. The standard InChI is InChI=1S/C14H20FNOS/c15-13-4-1-3-12-11(13)5-6-14(12)16-7-10-18-9-2-8-17/h1,3-4,14,16-17H,2,5-10H2. The van der Waals surface area contributed by atoms with Crippen molar-refractivity contribution in [2.75, 3.05) is 24.7 Å². The lowest BCUT2D eigenvalue weighted by Crippen LogP contribution is -2.22. The summed E-state index contributed by atoms with van der Waals surface area (Å²) in [5.74, 6) is 1.99. The van der Waals surface area contributed by atoms with Gasteiger partial charge in [-0.2, -0.15) is 11.8 Å². The Kier molecular flexibility index (Phi) is 5.47. The number of benzene rings is 1. The van der Waals surface area contributed by atoms with Crippen molar-refractivity contribution in [1.29, 1.82) is 0 Å². The van der Waals surface area contributed by atoms with Crippen LogP contribution in [0.5, 0.6) is 0 Å². The minimum atomic E-state index is -0.0610. The fourth-order valence-corrected chi connectivity index (χ4v) is 3.20. The lowest BCUT2D eigenvalue weighted by molar-refractivity contribution is 0.296. The number of rotatable bonds is 7. The van der Waals surface area contributed by atoms with Gasteiger partial charge in [0.2, 0.25) is 0 Å². The van der Waals surface area contributed by atoms with Crippen LogP contribution in [0.1, 0.15) is 30.0 Å². The number of aliphatic hydroxyl groups excluding tert-OH is 1. The van der Waals surface area contributed by atoms with Crippen molar-refractivity contribution in [3.63, 3.8) is 0 Å². The summed E-state index contributed by atoms with van der Waals surface area (Å²) in [6.45, 7) is 1.21. The van der Waals surface area contributed by atoms with E-state index in [0.717, 1.165) is 48.4 Å². The van der Waals surface area contributed by atoms with E-state index in [1.807, 2.05) is 17.8 Å². The van der Waals surface area contributed by atoms with Crippen LogP contribution in [0.3, 0.4) is 0 Å². The van der Waals surface area contributed by atoms with Crippen molar-refractivity contribution in [2.45, 2.75) is 25.3 Å². The lowest BCUT2D eigenvalue weighted by Gasteiger charge is -2.13. The van der Waals surface area contributed by atoms with Gasteiger partial charge >= 0.3 is 0 Å². The molecule has 0 aliphatic heterocycles. The first-order valence-electron chi connectivity index (χ1n) is 6.52. The Balaban J connectivity index is 1.75. The topological polar surface area (TPSA) is 32.3 Å². The molecule has 0 fully saturated rings. The molecule has 1 aliphatic carbocycles. The highest BCUT2D eigenvalue weighted by Crippen LogP contribution is 2.32. The summed E-state index contributed by atoms with van der Waals surface area (Å²) < 4.78 is 13.5. The Morgan fingerprint density at radius 2 is 2.28 bits per heavy atom. The van der Waals surface area contributed by atoms with Crippen LogP contribution in [0.2, 0.25) is 0 Å². The van der Waals surface area contributed by atoms with Crippen LogP contribution in [0.25, 0.3) is 0 Å². The van der Waals surface area contributed by atoms with E-state index in [2.05, 4.69) is 5.32 Å². The molecule has 18 heavy (non-hydrogen) atoms. The van der Waals surface area contributed by atoms with Crippen LogP contribution < -0.4 is 5.32 Å². The Morgan fingerprint density at radius 1 is 1.39 bits per heavy atom. The molecule has 0 bridgehead atoms.